The third kappa shape index (κ3) is 4.66. The van der Waals surface area contributed by atoms with E-state index in [9.17, 15) is 4.79 Å². The van der Waals surface area contributed by atoms with Crippen LogP contribution in [0.4, 0.5) is 0 Å². The van der Waals surface area contributed by atoms with Crippen molar-refractivity contribution in [2.75, 3.05) is 12.4 Å². The second kappa shape index (κ2) is 6.88. The van der Waals surface area contributed by atoms with Crippen LogP contribution in [0.3, 0.4) is 0 Å². The quantitative estimate of drug-likeness (QED) is 0.555. The number of rotatable bonds is 5. The number of carbonyl (C=O) groups excluding carboxylic acids is 1. The van der Waals surface area contributed by atoms with E-state index in [2.05, 4.69) is 11.4 Å². The van der Waals surface area contributed by atoms with Crippen molar-refractivity contribution >= 4 is 17.5 Å². The summed E-state index contributed by atoms with van der Waals surface area (Å²) in [5.74, 6) is 0.477. The van der Waals surface area contributed by atoms with Gasteiger partial charge in [-0.25, -0.2) is 0 Å². The van der Waals surface area contributed by atoms with Crippen LogP contribution in [0.1, 0.15) is 38.5 Å². The van der Waals surface area contributed by atoms with Gasteiger partial charge in [0.05, 0.1) is 0 Å². The maximum Gasteiger partial charge on any atom is 0.221 e. The van der Waals surface area contributed by atoms with Crippen molar-refractivity contribution in [1.82, 2.24) is 5.32 Å². The fourth-order valence-corrected chi connectivity index (χ4v) is 1.84. The first-order valence-corrected chi connectivity index (χ1v) is 5.87. The Balaban J connectivity index is 2.08. The lowest BCUT2D eigenvalue weighted by Gasteiger charge is -2.12. The van der Waals surface area contributed by atoms with Crippen molar-refractivity contribution < 1.29 is 4.79 Å². The molecule has 0 unspecified atom stereocenters. The van der Waals surface area contributed by atoms with E-state index in [1.165, 1.54) is 31.3 Å². The van der Waals surface area contributed by atoms with Crippen LogP contribution in [0.2, 0.25) is 0 Å². The topological polar surface area (TPSA) is 29.1 Å². The highest BCUT2D eigenvalue weighted by Gasteiger charge is 2.04. The highest BCUT2D eigenvalue weighted by Crippen LogP contribution is 2.19. The number of amides is 1. The van der Waals surface area contributed by atoms with Crippen LogP contribution in [-0.2, 0) is 4.79 Å². The molecule has 0 fully saturated rings. The molecular formula is C11H18ClNO. The lowest BCUT2D eigenvalue weighted by Crippen LogP contribution is -2.24. The molecule has 1 amide bonds. The molecule has 0 atom stereocenters. The Morgan fingerprint density at radius 1 is 1.50 bits per heavy atom. The number of halogens is 1. The second-order valence-electron chi connectivity index (χ2n) is 3.65. The Morgan fingerprint density at radius 3 is 3.00 bits per heavy atom. The molecule has 0 saturated carbocycles. The molecule has 0 aromatic heterocycles. The molecule has 2 nitrogen and oxygen atoms in total. The summed E-state index contributed by atoms with van der Waals surface area (Å²) in [6, 6.07) is 0. The fraction of sp³-hybridized carbons (Fsp3) is 0.727. The summed E-state index contributed by atoms with van der Waals surface area (Å²) in [6.07, 6.45) is 8.81. The average molecular weight is 216 g/mol. The molecule has 0 spiro atoms. The Kier molecular flexibility index (Phi) is 5.69. The van der Waals surface area contributed by atoms with Crippen LogP contribution in [0.15, 0.2) is 11.6 Å². The van der Waals surface area contributed by atoms with Gasteiger partial charge in [-0.15, -0.1) is 11.6 Å². The van der Waals surface area contributed by atoms with E-state index >= 15 is 0 Å². The van der Waals surface area contributed by atoms with Crippen molar-refractivity contribution in [3.63, 3.8) is 0 Å². The average Bonchev–Trinajstić information content (AvgIpc) is 2.20. The molecule has 1 aliphatic rings. The van der Waals surface area contributed by atoms with Crippen molar-refractivity contribution in [1.29, 1.82) is 0 Å². The maximum absolute atomic E-state index is 11.1. The summed E-state index contributed by atoms with van der Waals surface area (Å²) < 4.78 is 0. The van der Waals surface area contributed by atoms with Crippen LogP contribution in [-0.4, -0.2) is 18.3 Å². The molecule has 0 aliphatic heterocycles. The van der Waals surface area contributed by atoms with Crippen molar-refractivity contribution in [3.8, 4) is 0 Å². The Morgan fingerprint density at radius 2 is 2.36 bits per heavy atom. The number of alkyl halides is 1. The Hall–Kier alpha value is -0.500. The molecule has 0 radical (unpaired) electrons. The van der Waals surface area contributed by atoms with Gasteiger partial charge in [0.15, 0.2) is 0 Å². The van der Waals surface area contributed by atoms with E-state index in [0.29, 0.717) is 12.3 Å². The molecule has 1 rings (SSSR count). The SMILES string of the molecule is O=C(CCCl)NCCC1=CCCCC1. The van der Waals surface area contributed by atoms with E-state index in [1.807, 2.05) is 0 Å². The first kappa shape index (κ1) is 11.6. The number of hydrogen-bond donors (Lipinski definition) is 1. The predicted octanol–water partition coefficient (Wildman–Crippen LogP) is 2.62. The predicted molar refractivity (Wildman–Crippen MR) is 59.5 cm³/mol. The van der Waals surface area contributed by atoms with Gasteiger partial charge < -0.3 is 5.32 Å². The molecule has 80 valence electrons. The Labute approximate surface area is 90.7 Å². The zero-order valence-corrected chi connectivity index (χ0v) is 9.28. The van der Waals surface area contributed by atoms with Crippen molar-refractivity contribution in [2.24, 2.45) is 0 Å². The van der Waals surface area contributed by atoms with E-state index in [0.717, 1.165) is 13.0 Å². The molecule has 0 aromatic carbocycles. The molecule has 0 bridgehead atoms. The monoisotopic (exact) mass is 215 g/mol. The minimum absolute atomic E-state index is 0.0661. The van der Waals surface area contributed by atoms with Gasteiger partial charge >= 0.3 is 0 Å². The van der Waals surface area contributed by atoms with Gasteiger partial charge in [-0.05, 0) is 32.1 Å². The molecule has 14 heavy (non-hydrogen) atoms. The summed E-state index contributed by atoms with van der Waals surface area (Å²) in [7, 11) is 0. The minimum atomic E-state index is 0.0661. The van der Waals surface area contributed by atoms with Crippen molar-refractivity contribution in [2.45, 2.75) is 38.5 Å². The molecule has 0 heterocycles. The highest BCUT2D eigenvalue weighted by molar-refractivity contribution is 6.18. The summed E-state index contributed by atoms with van der Waals surface area (Å²) in [5, 5.41) is 2.87. The summed E-state index contributed by atoms with van der Waals surface area (Å²) >= 11 is 5.45. The fourth-order valence-electron chi connectivity index (χ4n) is 1.67. The first-order chi connectivity index (χ1) is 6.83. The molecule has 0 aromatic rings. The summed E-state index contributed by atoms with van der Waals surface area (Å²) in [5.41, 5.74) is 1.50. The third-order valence-electron chi connectivity index (χ3n) is 2.47. The van der Waals surface area contributed by atoms with Crippen molar-refractivity contribution in [3.05, 3.63) is 11.6 Å². The Bertz CT molecular complexity index is 213. The lowest BCUT2D eigenvalue weighted by molar-refractivity contribution is -0.120. The highest BCUT2D eigenvalue weighted by atomic mass is 35.5. The van der Waals surface area contributed by atoms with Gasteiger partial charge in [-0.1, -0.05) is 11.6 Å². The van der Waals surface area contributed by atoms with Gasteiger partial charge in [0.25, 0.3) is 0 Å². The number of allylic oxidation sites excluding steroid dienone is 1. The van der Waals surface area contributed by atoms with Crippen LogP contribution < -0.4 is 5.32 Å². The largest absolute Gasteiger partial charge is 0.356 e. The molecule has 1 N–H and O–H groups in total. The van der Waals surface area contributed by atoms with Gasteiger partial charge in [0.2, 0.25) is 5.91 Å². The zero-order chi connectivity index (χ0) is 10.2. The lowest BCUT2D eigenvalue weighted by atomic mass is 9.97. The second-order valence-corrected chi connectivity index (χ2v) is 4.03. The number of hydrogen-bond acceptors (Lipinski definition) is 1. The van der Waals surface area contributed by atoms with E-state index < -0.39 is 0 Å². The summed E-state index contributed by atoms with van der Waals surface area (Å²) in [6.45, 7) is 0.765. The van der Waals surface area contributed by atoms with Crippen LogP contribution in [0, 0.1) is 0 Å². The van der Waals surface area contributed by atoms with Crippen LogP contribution in [0.25, 0.3) is 0 Å². The third-order valence-corrected chi connectivity index (χ3v) is 2.66. The number of carbonyl (C=O) groups is 1. The van der Waals surface area contributed by atoms with E-state index in [-0.39, 0.29) is 5.91 Å². The van der Waals surface area contributed by atoms with E-state index in [1.54, 1.807) is 0 Å². The smallest absolute Gasteiger partial charge is 0.221 e. The normalized spacial score (nSPS) is 16.2. The molecular weight excluding hydrogens is 198 g/mol. The molecule has 3 heteroatoms. The summed E-state index contributed by atoms with van der Waals surface area (Å²) in [4.78, 5) is 11.1. The standard InChI is InChI=1S/C11H18ClNO/c12-8-6-11(14)13-9-7-10-4-2-1-3-5-10/h4H,1-3,5-9H2,(H,13,14). The molecule has 0 saturated heterocycles. The van der Waals surface area contributed by atoms with Gasteiger partial charge in [0, 0.05) is 18.8 Å². The van der Waals surface area contributed by atoms with E-state index in [4.69, 9.17) is 11.6 Å². The maximum atomic E-state index is 11.1. The van der Waals surface area contributed by atoms with Gasteiger partial charge in [-0.2, -0.15) is 0 Å². The van der Waals surface area contributed by atoms with Crippen LogP contribution in [0.5, 0.6) is 0 Å². The first-order valence-electron chi connectivity index (χ1n) is 5.33. The van der Waals surface area contributed by atoms with Gasteiger partial charge in [0.1, 0.15) is 0 Å². The zero-order valence-electron chi connectivity index (χ0n) is 8.52. The molecule has 1 aliphatic carbocycles. The minimum Gasteiger partial charge on any atom is -0.356 e. The van der Waals surface area contributed by atoms with Gasteiger partial charge in [-0.3, -0.25) is 4.79 Å². The van der Waals surface area contributed by atoms with Crippen LogP contribution >= 0.6 is 11.6 Å². The number of nitrogens with one attached hydrogen (secondary N) is 1.